The average molecular weight is 349 g/mol. The fourth-order valence-electron chi connectivity index (χ4n) is 1.75. The Morgan fingerprint density at radius 2 is 0.833 bits per heavy atom. The van der Waals surface area contributed by atoms with Gasteiger partial charge in [-0.05, 0) is 24.3 Å². The van der Waals surface area contributed by atoms with Crippen LogP contribution in [0.25, 0.3) is 0 Å². The van der Waals surface area contributed by atoms with E-state index in [1.54, 1.807) is 0 Å². The van der Waals surface area contributed by atoms with Crippen molar-refractivity contribution < 1.29 is 14.1 Å². The van der Waals surface area contributed by atoms with Crippen molar-refractivity contribution in [2.24, 2.45) is 0 Å². The van der Waals surface area contributed by atoms with Gasteiger partial charge in [0.15, 0.2) is 0 Å². The Kier molecular flexibility index (Phi) is 9.13. The van der Waals surface area contributed by atoms with Crippen molar-refractivity contribution in [1.82, 2.24) is 8.97 Å². The lowest BCUT2D eigenvalue weighted by molar-refractivity contribution is -0.354. The molecule has 5 nitrogen and oxygen atoms in total. The number of rotatable bonds is 2. The number of quaternary nitrogens is 2. The zero-order valence-electron chi connectivity index (χ0n) is 15.4. The largest absolute Gasteiger partial charge is 0.672 e. The first-order chi connectivity index (χ1) is 10.9. The van der Waals surface area contributed by atoms with E-state index in [2.05, 4.69) is 90.8 Å². The second kappa shape index (κ2) is 9.97. The molecule has 2 rings (SSSR count). The number of nitrogens with zero attached hydrogens (tertiary/aromatic N) is 2. The minimum Gasteiger partial charge on any atom is -0.672 e. The third-order valence-electron chi connectivity index (χ3n) is 3.06. The highest BCUT2D eigenvalue weighted by molar-refractivity contribution is 6.17. The Hall–Kier alpha value is -2.02. The second-order valence-corrected chi connectivity index (χ2v) is 7.45. The zero-order valence-corrected chi connectivity index (χ0v) is 16.4. The molecule has 0 heterocycles. The SMILES string of the molecule is C[N+](C)(C)c1ccccc1.C[N+](C)(C)c1ccccc1.O=[Si]([O-])[O-]. The Morgan fingerprint density at radius 3 is 0.958 bits per heavy atom. The first-order valence-corrected chi connectivity index (χ1v) is 8.79. The van der Waals surface area contributed by atoms with Crippen molar-refractivity contribution in [2.75, 3.05) is 42.3 Å². The van der Waals surface area contributed by atoms with Crippen LogP contribution in [0.2, 0.25) is 0 Å². The molecule has 0 atom stereocenters. The van der Waals surface area contributed by atoms with E-state index >= 15 is 0 Å². The third kappa shape index (κ3) is 10.7. The number of para-hydroxylation sites is 2. The molecule has 0 N–H and O–H groups in total. The van der Waals surface area contributed by atoms with E-state index in [-0.39, 0.29) is 0 Å². The van der Waals surface area contributed by atoms with Crippen molar-refractivity contribution in [1.29, 1.82) is 0 Å². The van der Waals surface area contributed by atoms with Gasteiger partial charge in [0.2, 0.25) is 0 Å². The van der Waals surface area contributed by atoms with Crippen LogP contribution in [-0.2, 0) is 4.46 Å². The van der Waals surface area contributed by atoms with Crippen molar-refractivity contribution in [3.8, 4) is 0 Å². The Morgan fingerprint density at radius 1 is 0.625 bits per heavy atom. The molecule has 0 saturated heterocycles. The summed E-state index contributed by atoms with van der Waals surface area (Å²) in [6.45, 7) is 0. The van der Waals surface area contributed by atoms with Gasteiger partial charge in [0, 0.05) is 9.17 Å². The predicted molar refractivity (Wildman–Crippen MR) is 98.5 cm³/mol. The van der Waals surface area contributed by atoms with Gasteiger partial charge in [-0.15, -0.1) is 0 Å². The molecule has 0 aromatic heterocycles. The van der Waals surface area contributed by atoms with Gasteiger partial charge in [-0.25, -0.2) is 0 Å². The first-order valence-electron chi connectivity index (χ1n) is 7.56. The molecule has 0 bridgehead atoms. The van der Waals surface area contributed by atoms with Gasteiger partial charge in [-0.1, -0.05) is 36.4 Å². The molecule has 2 aromatic rings. The van der Waals surface area contributed by atoms with Gasteiger partial charge >= 0.3 is 0 Å². The smallest absolute Gasteiger partial charge is 0.132 e. The quantitative estimate of drug-likeness (QED) is 0.598. The summed E-state index contributed by atoms with van der Waals surface area (Å²) in [6.07, 6.45) is 0. The Labute approximate surface area is 147 Å². The van der Waals surface area contributed by atoms with E-state index in [4.69, 9.17) is 14.1 Å². The fraction of sp³-hybridized carbons (Fsp3) is 0.333. The van der Waals surface area contributed by atoms with E-state index < -0.39 is 9.17 Å². The molecule has 2 aromatic carbocycles. The molecule has 24 heavy (non-hydrogen) atoms. The minimum atomic E-state index is -3.63. The summed E-state index contributed by atoms with van der Waals surface area (Å²) in [5.41, 5.74) is 2.67. The van der Waals surface area contributed by atoms with Crippen LogP contribution in [0.4, 0.5) is 11.4 Å². The van der Waals surface area contributed by atoms with Crippen LogP contribution in [-0.4, -0.2) is 51.5 Å². The highest BCUT2D eigenvalue weighted by atomic mass is 28.3. The van der Waals surface area contributed by atoms with Crippen molar-refractivity contribution >= 4 is 20.5 Å². The first kappa shape index (κ1) is 22.0. The molecule has 6 heteroatoms. The summed E-state index contributed by atoms with van der Waals surface area (Å²) in [7, 11) is 9.34. The summed E-state index contributed by atoms with van der Waals surface area (Å²) in [4.78, 5) is 17.0. The third-order valence-corrected chi connectivity index (χ3v) is 3.06. The molecule has 0 saturated carbocycles. The lowest BCUT2D eigenvalue weighted by Crippen LogP contribution is -2.34. The molecule has 0 radical (unpaired) electrons. The lowest BCUT2D eigenvalue weighted by Gasteiger charge is -2.22. The lowest BCUT2D eigenvalue weighted by atomic mass is 10.3. The van der Waals surface area contributed by atoms with Crippen molar-refractivity contribution in [2.45, 2.75) is 0 Å². The molecule has 0 spiro atoms. The van der Waals surface area contributed by atoms with Gasteiger partial charge in [-0.2, -0.15) is 0 Å². The van der Waals surface area contributed by atoms with E-state index in [1.807, 2.05) is 12.1 Å². The standard InChI is InChI=1S/2C9H14N.O3Si/c2*1-10(2,3)9-7-5-4-6-8-9;1-4(2)3/h2*4-8H,1-3H3;/q2*+1;-2. The van der Waals surface area contributed by atoms with Crippen LogP contribution in [0.1, 0.15) is 0 Å². The molecule has 0 aliphatic rings. The molecular weight excluding hydrogens is 320 g/mol. The second-order valence-electron chi connectivity index (χ2n) is 6.95. The number of hydrogen-bond donors (Lipinski definition) is 0. The summed E-state index contributed by atoms with van der Waals surface area (Å²) in [6, 6.07) is 20.9. The van der Waals surface area contributed by atoms with E-state index in [0.717, 1.165) is 8.97 Å². The molecule has 0 unspecified atom stereocenters. The molecular formula is C18H28N2O3Si. The monoisotopic (exact) mass is 348 g/mol. The van der Waals surface area contributed by atoms with Gasteiger partial charge < -0.3 is 14.1 Å². The maximum Gasteiger partial charge on any atom is 0.132 e. The number of hydrogen-bond acceptors (Lipinski definition) is 3. The summed E-state index contributed by atoms with van der Waals surface area (Å²) in [5.74, 6) is 0. The van der Waals surface area contributed by atoms with E-state index in [9.17, 15) is 0 Å². The van der Waals surface area contributed by atoms with Crippen LogP contribution in [0.3, 0.4) is 0 Å². The summed E-state index contributed by atoms with van der Waals surface area (Å²) >= 11 is 0. The van der Waals surface area contributed by atoms with E-state index in [0.29, 0.717) is 0 Å². The fourth-order valence-corrected chi connectivity index (χ4v) is 1.75. The van der Waals surface area contributed by atoms with Crippen LogP contribution < -0.4 is 18.6 Å². The number of benzene rings is 2. The van der Waals surface area contributed by atoms with Gasteiger partial charge in [-0.3, -0.25) is 8.97 Å². The Bertz CT molecular complexity index is 538. The maximum atomic E-state index is 8.52. The van der Waals surface area contributed by atoms with Crippen molar-refractivity contribution in [3.05, 3.63) is 60.7 Å². The summed E-state index contributed by atoms with van der Waals surface area (Å²) < 4.78 is 10.3. The van der Waals surface area contributed by atoms with Crippen LogP contribution in [0, 0.1) is 0 Å². The van der Waals surface area contributed by atoms with Gasteiger partial charge in [0.1, 0.15) is 11.4 Å². The molecule has 0 aliphatic carbocycles. The van der Waals surface area contributed by atoms with E-state index in [1.165, 1.54) is 11.4 Å². The highest BCUT2D eigenvalue weighted by Crippen LogP contribution is 2.14. The predicted octanol–water partition coefficient (Wildman–Crippen LogP) is 0.889. The molecule has 132 valence electrons. The maximum absolute atomic E-state index is 8.52. The molecule has 0 amide bonds. The van der Waals surface area contributed by atoms with Crippen molar-refractivity contribution in [3.63, 3.8) is 0 Å². The van der Waals surface area contributed by atoms with Crippen LogP contribution in [0.5, 0.6) is 0 Å². The summed E-state index contributed by atoms with van der Waals surface area (Å²) in [5, 5.41) is 0. The molecule has 0 aliphatic heterocycles. The topological polar surface area (TPSA) is 63.2 Å². The normalized spacial score (nSPS) is 10.6. The highest BCUT2D eigenvalue weighted by Gasteiger charge is 2.09. The zero-order chi connectivity index (χ0) is 18.8. The van der Waals surface area contributed by atoms with Crippen LogP contribution in [0.15, 0.2) is 60.7 Å². The average Bonchev–Trinajstić information content (AvgIpc) is 2.47. The van der Waals surface area contributed by atoms with Gasteiger partial charge in [0.05, 0.1) is 42.3 Å². The van der Waals surface area contributed by atoms with Gasteiger partial charge in [0.25, 0.3) is 0 Å². The molecule has 0 fully saturated rings. The van der Waals surface area contributed by atoms with Crippen LogP contribution >= 0.6 is 0 Å². The Balaban J connectivity index is 0.000000363. The minimum absolute atomic E-state index is 0.890.